The largest absolute Gasteiger partial charge is 0.461 e. The van der Waals surface area contributed by atoms with Gasteiger partial charge in [0.1, 0.15) is 13.4 Å². The van der Waals surface area contributed by atoms with E-state index in [-0.39, 0.29) is 31.6 Å². The molecule has 2 aliphatic heterocycles. The highest BCUT2D eigenvalue weighted by Crippen LogP contribution is 2.39. The predicted octanol–water partition coefficient (Wildman–Crippen LogP) is 4.48. The van der Waals surface area contributed by atoms with Gasteiger partial charge >= 0.3 is 5.97 Å². The molecule has 2 bridgehead atoms. The molecule has 0 aromatic heterocycles. The third-order valence-corrected chi connectivity index (χ3v) is 5.38. The molecule has 0 aromatic rings. The highest BCUT2D eigenvalue weighted by atomic mass is 16.7. The monoisotopic (exact) mass is 378 g/mol. The lowest BCUT2D eigenvalue weighted by atomic mass is 9.89. The Hall–Kier alpha value is -1.43. The van der Waals surface area contributed by atoms with E-state index in [0.29, 0.717) is 6.42 Å². The highest BCUT2D eigenvalue weighted by molar-refractivity contribution is 5.66. The molecule has 2 aliphatic rings. The van der Waals surface area contributed by atoms with Gasteiger partial charge in [0.2, 0.25) is 0 Å². The number of fused-ring (bicyclic) bond motifs is 2. The number of carbonyl (C=O) groups excluding carboxylic acids is 1. The van der Waals surface area contributed by atoms with Gasteiger partial charge in [-0.1, -0.05) is 29.4 Å². The molecule has 0 saturated carbocycles. The Morgan fingerprint density at radius 2 is 2.04 bits per heavy atom. The van der Waals surface area contributed by atoms with Crippen LogP contribution >= 0.6 is 0 Å². The maximum absolute atomic E-state index is 11.3. The second-order valence-corrected chi connectivity index (χ2v) is 7.84. The summed E-state index contributed by atoms with van der Waals surface area (Å²) >= 11 is 0. The van der Waals surface area contributed by atoms with Gasteiger partial charge in [-0.25, -0.2) is 0 Å². The molecule has 27 heavy (non-hydrogen) atoms. The van der Waals surface area contributed by atoms with Gasteiger partial charge in [0.25, 0.3) is 0 Å². The molecule has 0 spiro atoms. The van der Waals surface area contributed by atoms with Crippen LogP contribution in [-0.4, -0.2) is 44.3 Å². The second kappa shape index (κ2) is 10.2. The normalized spacial score (nSPS) is 35.4. The van der Waals surface area contributed by atoms with Crippen LogP contribution in [0.5, 0.6) is 0 Å². The maximum Gasteiger partial charge on any atom is 0.302 e. The van der Waals surface area contributed by atoms with Crippen molar-refractivity contribution in [2.24, 2.45) is 0 Å². The maximum atomic E-state index is 11.3. The van der Waals surface area contributed by atoms with E-state index in [2.05, 4.69) is 39.0 Å². The predicted molar refractivity (Wildman–Crippen MR) is 105 cm³/mol. The molecule has 1 saturated heterocycles. The second-order valence-electron chi connectivity index (χ2n) is 7.84. The minimum Gasteiger partial charge on any atom is -0.461 e. The summed E-state index contributed by atoms with van der Waals surface area (Å²) in [5.74, 6) is -0.285. The summed E-state index contributed by atoms with van der Waals surface area (Å²) in [6.45, 7) is 8.32. The minimum absolute atomic E-state index is 0.0347. The first-order valence-corrected chi connectivity index (χ1v) is 9.77. The number of ether oxygens (including phenoxy) is 4. The SMILES string of the molecule is COCO[C@]1(C)C[C@@H]2O[C@H]1CC/C(C)=C/CC/C(C)=C/C=C\2COC(C)=O. The number of rotatable bonds is 5. The summed E-state index contributed by atoms with van der Waals surface area (Å²) in [5, 5.41) is 0. The minimum atomic E-state index is -0.431. The smallest absolute Gasteiger partial charge is 0.302 e. The summed E-state index contributed by atoms with van der Waals surface area (Å²) in [7, 11) is 1.63. The van der Waals surface area contributed by atoms with E-state index in [4.69, 9.17) is 18.9 Å². The van der Waals surface area contributed by atoms with Crippen LogP contribution in [0.25, 0.3) is 0 Å². The fourth-order valence-electron chi connectivity index (χ4n) is 3.60. The van der Waals surface area contributed by atoms with Gasteiger partial charge in [0.05, 0.1) is 17.8 Å². The number of esters is 1. The van der Waals surface area contributed by atoms with Crippen molar-refractivity contribution >= 4 is 5.97 Å². The van der Waals surface area contributed by atoms with Crippen LogP contribution in [0.15, 0.2) is 34.9 Å². The molecule has 0 unspecified atom stereocenters. The Morgan fingerprint density at radius 3 is 2.74 bits per heavy atom. The van der Waals surface area contributed by atoms with Gasteiger partial charge in [-0.15, -0.1) is 0 Å². The number of allylic oxidation sites excluding steroid dienone is 5. The lowest BCUT2D eigenvalue weighted by molar-refractivity contribution is -0.148. The fraction of sp³-hybridized carbons (Fsp3) is 0.682. The highest BCUT2D eigenvalue weighted by Gasteiger charge is 2.47. The Balaban J connectivity index is 2.30. The van der Waals surface area contributed by atoms with Crippen molar-refractivity contribution in [3.8, 4) is 0 Å². The van der Waals surface area contributed by atoms with E-state index >= 15 is 0 Å². The van der Waals surface area contributed by atoms with Gasteiger partial charge in [0, 0.05) is 20.5 Å². The van der Waals surface area contributed by atoms with Crippen molar-refractivity contribution in [3.63, 3.8) is 0 Å². The van der Waals surface area contributed by atoms with Crippen LogP contribution in [0, 0.1) is 0 Å². The molecule has 5 heteroatoms. The van der Waals surface area contributed by atoms with Crippen LogP contribution in [0.4, 0.5) is 0 Å². The number of hydrogen-bond donors (Lipinski definition) is 0. The first kappa shape index (κ1) is 21.9. The van der Waals surface area contributed by atoms with Gasteiger partial charge in [-0.2, -0.15) is 0 Å². The van der Waals surface area contributed by atoms with E-state index in [1.54, 1.807) is 7.11 Å². The Bertz CT molecular complexity index is 604. The number of methoxy groups -OCH3 is 1. The lowest BCUT2D eigenvalue weighted by Crippen LogP contribution is -2.38. The summed E-state index contributed by atoms with van der Waals surface area (Å²) in [6.07, 6.45) is 11.0. The van der Waals surface area contributed by atoms with E-state index < -0.39 is 5.60 Å². The van der Waals surface area contributed by atoms with E-state index in [1.807, 2.05) is 0 Å². The molecule has 0 aromatic carbocycles. The molecule has 0 aliphatic carbocycles. The van der Waals surface area contributed by atoms with Gasteiger partial charge < -0.3 is 18.9 Å². The summed E-state index contributed by atoms with van der Waals surface area (Å²) in [4.78, 5) is 11.3. The molecule has 3 atom stereocenters. The van der Waals surface area contributed by atoms with Gasteiger partial charge in [-0.3, -0.25) is 4.79 Å². The lowest BCUT2D eigenvalue weighted by Gasteiger charge is -2.29. The third-order valence-electron chi connectivity index (χ3n) is 5.38. The van der Waals surface area contributed by atoms with Crippen molar-refractivity contribution in [2.45, 2.75) is 77.6 Å². The molecule has 152 valence electrons. The molecule has 0 radical (unpaired) electrons. The summed E-state index contributed by atoms with van der Waals surface area (Å²) < 4.78 is 22.9. The van der Waals surface area contributed by atoms with Crippen LogP contribution in [0.1, 0.15) is 59.8 Å². The molecular formula is C22H34O5. The molecule has 0 N–H and O–H groups in total. The van der Waals surface area contributed by atoms with E-state index in [0.717, 1.165) is 31.3 Å². The Morgan fingerprint density at radius 1 is 1.26 bits per heavy atom. The zero-order chi connectivity index (χ0) is 19.9. The molecule has 2 rings (SSSR count). The van der Waals surface area contributed by atoms with Crippen molar-refractivity contribution < 1.29 is 23.7 Å². The van der Waals surface area contributed by atoms with Crippen LogP contribution < -0.4 is 0 Å². The van der Waals surface area contributed by atoms with Crippen molar-refractivity contribution in [3.05, 3.63) is 34.9 Å². The van der Waals surface area contributed by atoms with Crippen molar-refractivity contribution in [1.82, 2.24) is 0 Å². The van der Waals surface area contributed by atoms with Gasteiger partial charge in [0.15, 0.2) is 0 Å². The van der Waals surface area contributed by atoms with E-state index in [9.17, 15) is 4.79 Å². The standard InChI is InChI=1S/C22H34O5/c1-16-7-6-8-17(2)10-12-21-22(4,26-15-24-5)13-20(27-21)19(11-9-16)14-25-18(3)23/h8-9,11,20-21H,6-7,10,12-15H2,1-5H3/b16-9+,17-8+,19-11-/t20-,21-,22+/m0/s1. The molecular weight excluding hydrogens is 344 g/mol. The van der Waals surface area contributed by atoms with Crippen LogP contribution in [-0.2, 0) is 23.7 Å². The Kier molecular flexibility index (Phi) is 8.27. The topological polar surface area (TPSA) is 54.0 Å². The zero-order valence-electron chi connectivity index (χ0n) is 17.4. The summed E-state index contributed by atoms with van der Waals surface area (Å²) in [6, 6.07) is 0. The average molecular weight is 379 g/mol. The molecule has 5 nitrogen and oxygen atoms in total. The van der Waals surface area contributed by atoms with Crippen LogP contribution in [0.3, 0.4) is 0 Å². The molecule has 2 heterocycles. The fourth-order valence-corrected chi connectivity index (χ4v) is 3.60. The van der Waals surface area contributed by atoms with Crippen LogP contribution in [0.2, 0.25) is 0 Å². The number of carbonyl (C=O) groups is 1. The Labute approximate surface area is 163 Å². The molecule has 1 fully saturated rings. The quantitative estimate of drug-likeness (QED) is 0.401. The van der Waals surface area contributed by atoms with Gasteiger partial charge in [-0.05, 0) is 52.0 Å². The van der Waals surface area contributed by atoms with Crippen molar-refractivity contribution in [1.29, 1.82) is 0 Å². The third kappa shape index (κ3) is 6.59. The van der Waals surface area contributed by atoms with E-state index in [1.165, 1.54) is 18.1 Å². The zero-order valence-corrected chi connectivity index (χ0v) is 17.4. The summed E-state index contributed by atoms with van der Waals surface area (Å²) in [5.41, 5.74) is 3.23. The van der Waals surface area contributed by atoms with Crippen molar-refractivity contribution in [2.75, 3.05) is 20.5 Å². The molecule has 0 amide bonds. The average Bonchev–Trinajstić information content (AvgIpc) is 2.94. The first-order valence-electron chi connectivity index (χ1n) is 9.77. The first-order chi connectivity index (χ1) is 12.8. The number of hydrogen-bond acceptors (Lipinski definition) is 5.